The highest BCUT2D eigenvalue weighted by Gasteiger charge is 2.04. The summed E-state index contributed by atoms with van der Waals surface area (Å²) in [6, 6.07) is 15.1. The van der Waals surface area contributed by atoms with Crippen LogP contribution in [0.5, 0.6) is 11.5 Å². The third-order valence-corrected chi connectivity index (χ3v) is 2.91. The molecule has 5 heteroatoms. The van der Waals surface area contributed by atoms with Gasteiger partial charge in [0.05, 0.1) is 19.9 Å². The van der Waals surface area contributed by atoms with Crippen molar-refractivity contribution in [1.82, 2.24) is 0 Å². The Balaban J connectivity index is 2.01. The standard InChI is InChI=1S/C15H16N2O2S/c1-18-12-9-7-11(8-10-12)16-15(20)17-13-5-3-4-6-14(13)19-2/h3-10H,1-2H3,(H2,16,17,20). The van der Waals surface area contributed by atoms with Crippen LogP contribution in [-0.2, 0) is 0 Å². The quantitative estimate of drug-likeness (QED) is 0.843. The molecule has 4 nitrogen and oxygen atoms in total. The Morgan fingerprint density at radius 3 is 2.25 bits per heavy atom. The van der Waals surface area contributed by atoms with Crippen LogP contribution in [0.3, 0.4) is 0 Å². The molecule has 2 N–H and O–H groups in total. The second-order valence-electron chi connectivity index (χ2n) is 4.01. The lowest BCUT2D eigenvalue weighted by Crippen LogP contribution is -2.19. The molecule has 0 aliphatic rings. The number of benzene rings is 2. The van der Waals surface area contributed by atoms with Crippen LogP contribution < -0.4 is 20.1 Å². The van der Waals surface area contributed by atoms with E-state index in [0.29, 0.717) is 5.11 Å². The van der Waals surface area contributed by atoms with Crippen LogP contribution in [0.15, 0.2) is 48.5 Å². The smallest absolute Gasteiger partial charge is 0.175 e. The third-order valence-electron chi connectivity index (χ3n) is 2.70. The van der Waals surface area contributed by atoms with Gasteiger partial charge < -0.3 is 20.1 Å². The van der Waals surface area contributed by atoms with E-state index >= 15 is 0 Å². The molecule has 20 heavy (non-hydrogen) atoms. The molecule has 2 aromatic carbocycles. The molecule has 0 unspecified atom stereocenters. The lowest BCUT2D eigenvalue weighted by Gasteiger charge is -2.13. The van der Waals surface area contributed by atoms with Crippen molar-refractivity contribution in [2.45, 2.75) is 0 Å². The Kier molecular flexibility index (Phi) is 4.79. The summed E-state index contributed by atoms with van der Waals surface area (Å²) in [5, 5.41) is 6.70. The predicted octanol–water partition coefficient (Wildman–Crippen LogP) is 3.51. The molecule has 2 aromatic rings. The summed E-state index contributed by atoms with van der Waals surface area (Å²) in [7, 11) is 3.26. The molecular formula is C15H16N2O2S. The third kappa shape index (κ3) is 3.61. The van der Waals surface area contributed by atoms with Crippen LogP contribution in [0.25, 0.3) is 0 Å². The number of anilines is 2. The first-order valence-electron chi connectivity index (χ1n) is 6.08. The van der Waals surface area contributed by atoms with E-state index in [4.69, 9.17) is 21.7 Å². The fourth-order valence-corrected chi connectivity index (χ4v) is 1.93. The number of para-hydroxylation sites is 2. The maximum absolute atomic E-state index is 5.28. The molecular weight excluding hydrogens is 272 g/mol. The van der Waals surface area contributed by atoms with Crippen molar-refractivity contribution in [1.29, 1.82) is 0 Å². The minimum atomic E-state index is 0.500. The molecule has 0 spiro atoms. The number of hydrogen-bond donors (Lipinski definition) is 2. The average molecular weight is 288 g/mol. The molecule has 0 heterocycles. The van der Waals surface area contributed by atoms with Crippen LogP contribution in [0.1, 0.15) is 0 Å². The van der Waals surface area contributed by atoms with Gasteiger partial charge in [-0.15, -0.1) is 0 Å². The topological polar surface area (TPSA) is 42.5 Å². The molecule has 0 radical (unpaired) electrons. The van der Waals surface area contributed by atoms with E-state index in [2.05, 4.69) is 10.6 Å². The first-order chi connectivity index (χ1) is 9.72. The van der Waals surface area contributed by atoms with E-state index in [1.54, 1.807) is 14.2 Å². The number of nitrogens with one attached hydrogen (secondary N) is 2. The summed E-state index contributed by atoms with van der Waals surface area (Å²) in [6.07, 6.45) is 0. The second-order valence-corrected chi connectivity index (χ2v) is 4.42. The predicted molar refractivity (Wildman–Crippen MR) is 85.8 cm³/mol. The van der Waals surface area contributed by atoms with Gasteiger partial charge >= 0.3 is 0 Å². The van der Waals surface area contributed by atoms with Gasteiger partial charge in [-0.05, 0) is 48.6 Å². The number of hydrogen-bond acceptors (Lipinski definition) is 3. The van der Waals surface area contributed by atoms with Gasteiger partial charge in [0.1, 0.15) is 11.5 Å². The lowest BCUT2D eigenvalue weighted by molar-refractivity contribution is 0.415. The van der Waals surface area contributed by atoms with Gasteiger partial charge in [-0.1, -0.05) is 12.1 Å². The van der Waals surface area contributed by atoms with Gasteiger partial charge in [0.15, 0.2) is 5.11 Å². The Labute approximate surface area is 123 Å². The molecule has 0 saturated carbocycles. The summed E-state index contributed by atoms with van der Waals surface area (Å²) in [4.78, 5) is 0. The van der Waals surface area contributed by atoms with Crippen molar-refractivity contribution in [2.24, 2.45) is 0 Å². The highest BCUT2D eigenvalue weighted by Crippen LogP contribution is 2.23. The van der Waals surface area contributed by atoms with Gasteiger partial charge in [0, 0.05) is 5.69 Å². The van der Waals surface area contributed by atoms with E-state index in [1.165, 1.54) is 0 Å². The van der Waals surface area contributed by atoms with E-state index in [0.717, 1.165) is 22.9 Å². The first kappa shape index (κ1) is 14.1. The molecule has 2 rings (SSSR count). The molecule has 104 valence electrons. The van der Waals surface area contributed by atoms with Gasteiger partial charge in [-0.3, -0.25) is 0 Å². The van der Waals surface area contributed by atoms with Crippen molar-refractivity contribution >= 4 is 28.7 Å². The van der Waals surface area contributed by atoms with Crippen LogP contribution in [0.2, 0.25) is 0 Å². The van der Waals surface area contributed by atoms with Gasteiger partial charge in [0.2, 0.25) is 0 Å². The maximum atomic E-state index is 5.28. The van der Waals surface area contributed by atoms with Crippen molar-refractivity contribution in [3.05, 3.63) is 48.5 Å². The van der Waals surface area contributed by atoms with Crippen LogP contribution >= 0.6 is 12.2 Å². The van der Waals surface area contributed by atoms with Crippen LogP contribution in [0.4, 0.5) is 11.4 Å². The SMILES string of the molecule is COc1ccc(NC(=S)Nc2ccccc2OC)cc1. The lowest BCUT2D eigenvalue weighted by atomic mass is 10.3. The van der Waals surface area contributed by atoms with E-state index in [1.807, 2.05) is 48.5 Å². The summed E-state index contributed by atoms with van der Waals surface area (Å²) >= 11 is 5.28. The van der Waals surface area contributed by atoms with E-state index < -0.39 is 0 Å². The first-order valence-corrected chi connectivity index (χ1v) is 6.49. The molecule has 0 bridgehead atoms. The fraction of sp³-hybridized carbons (Fsp3) is 0.133. The number of methoxy groups -OCH3 is 2. The summed E-state index contributed by atoms with van der Waals surface area (Å²) in [6.45, 7) is 0. The monoisotopic (exact) mass is 288 g/mol. The molecule has 0 amide bonds. The molecule has 0 fully saturated rings. The molecule has 0 aliphatic carbocycles. The van der Waals surface area contributed by atoms with Gasteiger partial charge in [0.25, 0.3) is 0 Å². The van der Waals surface area contributed by atoms with Crippen molar-refractivity contribution < 1.29 is 9.47 Å². The highest BCUT2D eigenvalue weighted by molar-refractivity contribution is 7.80. The maximum Gasteiger partial charge on any atom is 0.175 e. The fourth-order valence-electron chi connectivity index (χ4n) is 1.71. The Hall–Kier alpha value is -2.27. The minimum Gasteiger partial charge on any atom is -0.497 e. The normalized spacial score (nSPS) is 9.70. The largest absolute Gasteiger partial charge is 0.497 e. The Bertz CT molecular complexity index is 585. The van der Waals surface area contributed by atoms with E-state index in [-0.39, 0.29) is 0 Å². The molecule has 0 atom stereocenters. The zero-order valence-electron chi connectivity index (χ0n) is 11.3. The summed E-state index contributed by atoms with van der Waals surface area (Å²) in [5.74, 6) is 1.55. The number of thiocarbonyl (C=S) groups is 1. The van der Waals surface area contributed by atoms with Crippen LogP contribution in [-0.4, -0.2) is 19.3 Å². The molecule has 0 aliphatic heterocycles. The molecule has 0 aromatic heterocycles. The highest BCUT2D eigenvalue weighted by atomic mass is 32.1. The summed E-state index contributed by atoms with van der Waals surface area (Å²) in [5.41, 5.74) is 1.71. The van der Waals surface area contributed by atoms with Crippen molar-refractivity contribution in [3.8, 4) is 11.5 Å². The average Bonchev–Trinajstić information content (AvgIpc) is 2.48. The van der Waals surface area contributed by atoms with E-state index in [9.17, 15) is 0 Å². The molecule has 0 saturated heterocycles. The van der Waals surface area contributed by atoms with Gasteiger partial charge in [-0.2, -0.15) is 0 Å². The second kappa shape index (κ2) is 6.77. The van der Waals surface area contributed by atoms with Gasteiger partial charge in [-0.25, -0.2) is 0 Å². The number of rotatable bonds is 4. The summed E-state index contributed by atoms with van der Waals surface area (Å²) < 4.78 is 10.4. The Morgan fingerprint density at radius 1 is 0.900 bits per heavy atom. The van der Waals surface area contributed by atoms with Crippen molar-refractivity contribution in [2.75, 3.05) is 24.9 Å². The zero-order valence-corrected chi connectivity index (χ0v) is 12.2. The van der Waals surface area contributed by atoms with Crippen molar-refractivity contribution in [3.63, 3.8) is 0 Å². The zero-order chi connectivity index (χ0) is 14.4. The van der Waals surface area contributed by atoms with Crippen LogP contribution in [0, 0.1) is 0 Å². The Morgan fingerprint density at radius 2 is 1.60 bits per heavy atom. The minimum absolute atomic E-state index is 0.500. The number of ether oxygens (including phenoxy) is 2.